The van der Waals surface area contributed by atoms with Gasteiger partial charge in [-0.3, -0.25) is 0 Å². The fourth-order valence-electron chi connectivity index (χ4n) is 1.69. The number of rotatable bonds is 4. The maximum Gasteiger partial charge on any atom is 0.175 e. The molecule has 1 N–H and O–H groups in total. The summed E-state index contributed by atoms with van der Waals surface area (Å²) in [4.78, 5) is 4.72. The van der Waals surface area contributed by atoms with Crippen LogP contribution >= 0.6 is 15.9 Å². The highest BCUT2D eigenvalue weighted by molar-refractivity contribution is 9.10. The second kappa shape index (κ2) is 5.93. The van der Waals surface area contributed by atoms with Crippen LogP contribution < -0.4 is 5.32 Å². The van der Waals surface area contributed by atoms with Gasteiger partial charge in [-0.15, -0.1) is 0 Å². The summed E-state index contributed by atoms with van der Waals surface area (Å²) in [5, 5.41) is 3.21. The van der Waals surface area contributed by atoms with Gasteiger partial charge in [-0.1, -0.05) is 12.1 Å². The van der Waals surface area contributed by atoms with Crippen molar-refractivity contribution < 1.29 is 8.42 Å². The molecular formula is C14H15BrN2O2S. The zero-order chi connectivity index (χ0) is 14.8. The lowest BCUT2D eigenvalue weighted by atomic mass is 10.2. The van der Waals surface area contributed by atoms with E-state index in [9.17, 15) is 8.42 Å². The fraction of sp³-hybridized carbons (Fsp3) is 0.214. The molecule has 0 amide bonds. The van der Waals surface area contributed by atoms with E-state index in [0.717, 1.165) is 21.5 Å². The Kier molecular flexibility index (Phi) is 4.45. The van der Waals surface area contributed by atoms with Crippen molar-refractivity contribution >= 4 is 31.6 Å². The van der Waals surface area contributed by atoms with E-state index in [1.807, 2.05) is 19.1 Å². The maximum absolute atomic E-state index is 11.4. The zero-order valence-electron chi connectivity index (χ0n) is 11.2. The second-order valence-corrected chi connectivity index (χ2v) is 7.40. The lowest BCUT2D eigenvalue weighted by Gasteiger charge is -2.08. The Bertz CT molecular complexity index is 712. The molecule has 0 aliphatic carbocycles. The van der Waals surface area contributed by atoms with Gasteiger partial charge in [-0.05, 0) is 52.7 Å². The first-order valence-electron chi connectivity index (χ1n) is 6.02. The first kappa shape index (κ1) is 15.0. The van der Waals surface area contributed by atoms with E-state index in [0.29, 0.717) is 11.4 Å². The Morgan fingerprint density at radius 1 is 1.15 bits per heavy atom. The van der Waals surface area contributed by atoms with Gasteiger partial charge in [0, 0.05) is 17.3 Å². The highest BCUT2D eigenvalue weighted by Crippen LogP contribution is 2.17. The Hall–Kier alpha value is -1.40. The number of sulfone groups is 1. The summed E-state index contributed by atoms with van der Waals surface area (Å²) in [5.41, 5.74) is 1.92. The summed E-state index contributed by atoms with van der Waals surface area (Å²) in [6, 6.07) is 10.7. The molecule has 0 atom stereocenters. The van der Waals surface area contributed by atoms with E-state index in [4.69, 9.17) is 0 Å². The molecule has 0 saturated heterocycles. The molecule has 0 aliphatic heterocycles. The van der Waals surface area contributed by atoms with E-state index in [1.54, 1.807) is 24.3 Å². The van der Waals surface area contributed by atoms with Crippen LogP contribution in [0.3, 0.4) is 0 Å². The molecule has 1 aromatic heterocycles. The van der Waals surface area contributed by atoms with Gasteiger partial charge in [0.1, 0.15) is 5.82 Å². The summed E-state index contributed by atoms with van der Waals surface area (Å²) < 4.78 is 23.7. The van der Waals surface area contributed by atoms with Gasteiger partial charge < -0.3 is 5.32 Å². The van der Waals surface area contributed by atoms with Crippen molar-refractivity contribution in [3.8, 4) is 0 Å². The predicted molar refractivity (Wildman–Crippen MR) is 83.6 cm³/mol. The van der Waals surface area contributed by atoms with Crippen molar-refractivity contribution in [2.75, 3.05) is 11.6 Å². The average Bonchev–Trinajstić information content (AvgIpc) is 2.40. The highest BCUT2D eigenvalue weighted by Gasteiger charge is 2.06. The molecule has 106 valence electrons. The third-order valence-electron chi connectivity index (χ3n) is 2.85. The van der Waals surface area contributed by atoms with Gasteiger partial charge in [-0.25, -0.2) is 13.4 Å². The van der Waals surface area contributed by atoms with Crippen LogP contribution in [0.15, 0.2) is 45.8 Å². The molecule has 0 unspecified atom stereocenters. The third kappa shape index (κ3) is 3.80. The van der Waals surface area contributed by atoms with Crippen molar-refractivity contribution in [3.05, 3.63) is 52.1 Å². The van der Waals surface area contributed by atoms with Crippen molar-refractivity contribution in [2.24, 2.45) is 0 Å². The van der Waals surface area contributed by atoms with Gasteiger partial charge in [0.05, 0.1) is 10.6 Å². The van der Waals surface area contributed by atoms with E-state index < -0.39 is 9.84 Å². The highest BCUT2D eigenvalue weighted by atomic mass is 79.9. The molecular weight excluding hydrogens is 340 g/mol. The maximum atomic E-state index is 11.4. The average molecular weight is 355 g/mol. The van der Waals surface area contributed by atoms with Crippen LogP contribution in [0.1, 0.15) is 11.3 Å². The summed E-state index contributed by atoms with van der Waals surface area (Å²) in [6.07, 6.45) is 1.20. The molecule has 2 rings (SSSR count). The molecule has 20 heavy (non-hydrogen) atoms. The Balaban J connectivity index is 2.06. The first-order valence-corrected chi connectivity index (χ1v) is 8.71. The number of nitrogens with zero attached hydrogens (tertiary/aromatic N) is 1. The van der Waals surface area contributed by atoms with Crippen LogP contribution in [0, 0.1) is 6.92 Å². The fourth-order valence-corrected chi connectivity index (χ4v) is 2.54. The molecule has 2 aromatic rings. The Morgan fingerprint density at radius 2 is 1.80 bits per heavy atom. The van der Waals surface area contributed by atoms with E-state index in [1.165, 1.54) is 6.26 Å². The number of anilines is 1. The van der Waals surface area contributed by atoms with E-state index >= 15 is 0 Å². The summed E-state index contributed by atoms with van der Waals surface area (Å²) in [5.74, 6) is 0.790. The Morgan fingerprint density at radius 3 is 2.35 bits per heavy atom. The minimum absolute atomic E-state index is 0.332. The van der Waals surface area contributed by atoms with Gasteiger partial charge in [0.2, 0.25) is 0 Å². The van der Waals surface area contributed by atoms with Gasteiger partial charge >= 0.3 is 0 Å². The zero-order valence-corrected chi connectivity index (χ0v) is 13.6. The van der Waals surface area contributed by atoms with Gasteiger partial charge in [-0.2, -0.15) is 0 Å². The Labute approximate surface area is 127 Å². The van der Waals surface area contributed by atoms with Crippen LogP contribution in [0.5, 0.6) is 0 Å². The molecule has 0 fully saturated rings. The van der Waals surface area contributed by atoms with Crippen molar-refractivity contribution in [3.63, 3.8) is 0 Å². The van der Waals surface area contributed by atoms with Crippen LogP contribution in [0.4, 0.5) is 5.82 Å². The summed E-state index contributed by atoms with van der Waals surface area (Å²) in [6.45, 7) is 2.52. The molecule has 1 heterocycles. The number of halogens is 1. The summed E-state index contributed by atoms with van der Waals surface area (Å²) >= 11 is 3.40. The normalized spacial score (nSPS) is 11.3. The number of benzene rings is 1. The number of nitrogens with one attached hydrogen (secondary N) is 1. The molecule has 0 radical (unpaired) electrons. The molecule has 1 aromatic carbocycles. The lowest BCUT2D eigenvalue weighted by molar-refractivity contribution is 0.602. The number of hydrogen-bond acceptors (Lipinski definition) is 4. The number of hydrogen-bond donors (Lipinski definition) is 1. The van der Waals surface area contributed by atoms with E-state index in [2.05, 4.69) is 26.2 Å². The number of pyridine rings is 1. The molecule has 4 nitrogen and oxygen atoms in total. The van der Waals surface area contributed by atoms with Gasteiger partial charge in [0.15, 0.2) is 9.84 Å². The number of aryl methyl sites for hydroxylation is 1. The van der Waals surface area contributed by atoms with Crippen LogP contribution in [0.25, 0.3) is 0 Å². The second-order valence-electron chi connectivity index (χ2n) is 4.53. The molecule has 0 saturated carbocycles. The monoisotopic (exact) mass is 354 g/mol. The SMILES string of the molecule is Cc1nc(NCc2ccc(S(C)(=O)=O)cc2)ccc1Br. The third-order valence-corrected chi connectivity index (χ3v) is 4.81. The molecule has 0 bridgehead atoms. The van der Waals surface area contributed by atoms with Crippen molar-refractivity contribution in [1.29, 1.82) is 0 Å². The van der Waals surface area contributed by atoms with Crippen molar-refractivity contribution in [1.82, 2.24) is 4.98 Å². The largest absolute Gasteiger partial charge is 0.366 e. The minimum atomic E-state index is -3.14. The standard InChI is InChI=1S/C14H15BrN2O2S/c1-10-13(15)7-8-14(17-10)16-9-11-3-5-12(6-4-11)20(2,18)19/h3-8H,9H2,1-2H3,(H,16,17). The molecule has 6 heteroatoms. The lowest BCUT2D eigenvalue weighted by Crippen LogP contribution is -2.03. The molecule has 0 aliphatic rings. The smallest absolute Gasteiger partial charge is 0.175 e. The van der Waals surface area contributed by atoms with Crippen LogP contribution in [0.2, 0.25) is 0 Å². The van der Waals surface area contributed by atoms with Crippen LogP contribution in [-0.2, 0) is 16.4 Å². The predicted octanol–water partition coefficient (Wildman–Crippen LogP) is 3.17. The molecule has 0 spiro atoms. The van der Waals surface area contributed by atoms with E-state index in [-0.39, 0.29) is 0 Å². The summed E-state index contributed by atoms with van der Waals surface area (Å²) in [7, 11) is -3.14. The first-order chi connectivity index (χ1) is 9.36. The topological polar surface area (TPSA) is 59.1 Å². The minimum Gasteiger partial charge on any atom is -0.366 e. The number of aromatic nitrogens is 1. The van der Waals surface area contributed by atoms with Gasteiger partial charge in [0.25, 0.3) is 0 Å². The van der Waals surface area contributed by atoms with Crippen molar-refractivity contribution in [2.45, 2.75) is 18.4 Å². The van der Waals surface area contributed by atoms with Crippen LogP contribution in [-0.4, -0.2) is 19.7 Å². The quantitative estimate of drug-likeness (QED) is 0.915.